The number of halogens is 2. The normalized spacial score (nSPS) is 10.1. The lowest BCUT2D eigenvalue weighted by atomic mass is 10.2. The van der Waals surface area contributed by atoms with Crippen LogP contribution in [-0.2, 0) is 0 Å². The van der Waals surface area contributed by atoms with Crippen LogP contribution >= 0.6 is 11.6 Å². The molecule has 0 aliphatic heterocycles. The van der Waals surface area contributed by atoms with E-state index < -0.39 is 6.67 Å². The van der Waals surface area contributed by atoms with Gasteiger partial charge in [0.15, 0.2) is 0 Å². The lowest BCUT2D eigenvalue weighted by molar-refractivity contribution is 0.273. The molecule has 13 heavy (non-hydrogen) atoms. The molecule has 0 aliphatic rings. The Labute approximate surface area is 81.4 Å². The molecule has 0 fully saturated rings. The number of ether oxygens (including phenoxy) is 1. The zero-order valence-corrected chi connectivity index (χ0v) is 8.07. The fraction of sp³-hybridized carbons (Fsp3) is 0.333. The third-order valence-corrected chi connectivity index (χ3v) is 1.95. The fourth-order valence-electron chi connectivity index (χ4n) is 0.930. The van der Waals surface area contributed by atoms with Crippen molar-refractivity contribution in [1.29, 1.82) is 0 Å². The molecule has 1 aromatic carbocycles. The Kier molecular flexibility index (Phi) is 3.37. The Morgan fingerprint density at radius 2 is 2.23 bits per heavy atom. The SMILES string of the molecule is Cc1cc(OCCF)c(Cl)cc1N. The van der Waals surface area contributed by atoms with E-state index in [9.17, 15) is 4.39 Å². The third-order valence-electron chi connectivity index (χ3n) is 1.66. The molecule has 1 rings (SSSR count). The standard InChI is InChI=1S/C9H11ClFNO/c1-6-4-9(13-3-2-11)7(10)5-8(6)12/h4-5H,2-3,12H2,1H3. The second-order valence-corrected chi connectivity index (χ2v) is 3.08. The molecule has 0 spiro atoms. The molecular weight excluding hydrogens is 193 g/mol. The molecule has 0 radical (unpaired) electrons. The minimum atomic E-state index is -0.528. The number of alkyl halides is 1. The maximum atomic E-state index is 11.8. The first-order valence-corrected chi connectivity index (χ1v) is 4.27. The summed E-state index contributed by atoms with van der Waals surface area (Å²) in [5.41, 5.74) is 7.09. The van der Waals surface area contributed by atoms with Crippen molar-refractivity contribution < 1.29 is 9.13 Å². The molecule has 1 aromatic rings. The quantitative estimate of drug-likeness (QED) is 0.767. The zero-order chi connectivity index (χ0) is 9.84. The summed E-state index contributed by atoms with van der Waals surface area (Å²) in [4.78, 5) is 0. The lowest BCUT2D eigenvalue weighted by Gasteiger charge is -2.08. The molecule has 72 valence electrons. The maximum Gasteiger partial charge on any atom is 0.138 e. The summed E-state index contributed by atoms with van der Waals surface area (Å²) in [5.74, 6) is 0.478. The second kappa shape index (κ2) is 4.33. The molecule has 0 amide bonds. The van der Waals surface area contributed by atoms with Crippen molar-refractivity contribution in [2.45, 2.75) is 6.92 Å². The Morgan fingerprint density at radius 3 is 2.85 bits per heavy atom. The van der Waals surface area contributed by atoms with Crippen molar-refractivity contribution in [3.8, 4) is 5.75 Å². The highest BCUT2D eigenvalue weighted by atomic mass is 35.5. The molecule has 4 heteroatoms. The fourth-order valence-corrected chi connectivity index (χ4v) is 1.16. The first kappa shape index (κ1) is 10.1. The molecule has 0 aromatic heterocycles. The molecule has 0 heterocycles. The summed E-state index contributed by atoms with van der Waals surface area (Å²) >= 11 is 5.81. The number of nitrogen functional groups attached to an aromatic ring is 1. The van der Waals surface area contributed by atoms with Gasteiger partial charge in [-0.05, 0) is 24.6 Å². The topological polar surface area (TPSA) is 35.2 Å². The average Bonchev–Trinajstić information content (AvgIpc) is 2.09. The Bertz CT molecular complexity index is 304. The number of hydrogen-bond donors (Lipinski definition) is 1. The van der Waals surface area contributed by atoms with Gasteiger partial charge in [-0.15, -0.1) is 0 Å². The van der Waals surface area contributed by atoms with Crippen LogP contribution < -0.4 is 10.5 Å². The van der Waals surface area contributed by atoms with E-state index in [-0.39, 0.29) is 6.61 Å². The first-order valence-electron chi connectivity index (χ1n) is 3.89. The van der Waals surface area contributed by atoms with Crippen LogP contribution in [0.1, 0.15) is 5.56 Å². The Morgan fingerprint density at radius 1 is 1.54 bits per heavy atom. The average molecular weight is 204 g/mol. The molecule has 0 unspecified atom stereocenters. The van der Waals surface area contributed by atoms with Gasteiger partial charge in [0.05, 0.1) is 5.02 Å². The predicted molar refractivity (Wildman–Crippen MR) is 52.1 cm³/mol. The van der Waals surface area contributed by atoms with Crippen LogP contribution in [0.4, 0.5) is 10.1 Å². The van der Waals surface area contributed by atoms with Gasteiger partial charge in [-0.3, -0.25) is 0 Å². The van der Waals surface area contributed by atoms with E-state index in [1.54, 1.807) is 12.1 Å². The highest BCUT2D eigenvalue weighted by Gasteiger charge is 2.04. The minimum absolute atomic E-state index is 0.0169. The number of aryl methyl sites for hydroxylation is 1. The molecule has 0 atom stereocenters. The van der Waals surface area contributed by atoms with Crippen LogP contribution in [0.3, 0.4) is 0 Å². The molecule has 2 N–H and O–H groups in total. The van der Waals surface area contributed by atoms with E-state index in [0.29, 0.717) is 16.5 Å². The van der Waals surface area contributed by atoms with Gasteiger partial charge >= 0.3 is 0 Å². The van der Waals surface area contributed by atoms with Gasteiger partial charge in [0.1, 0.15) is 19.0 Å². The summed E-state index contributed by atoms with van der Waals surface area (Å²) < 4.78 is 16.9. The highest BCUT2D eigenvalue weighted by molar-refractivity contribution is 6.32. The summed E-state index contributed by atoms with van der Waals surface area (Å²) in [7, 11) is 0. The van der Waals surface area contributed by atoms with E-state index in [4.69, 9.17) is 22.1 Å². The second-order valence-electron chi connectivity index (χ2n) is 2.68. The van der Waals surface area contributed by atoms with Gasteiger partial charge < -0.3 is 10.5 Å². The van der Waals surface area contributed by atoms with Gasteiger partial charge in [-0.2, -0.15) is 0 Å². The predicted octanol–water partition coefficient (Wildman–Crippen LogP) is 2.58. The monoisotopic (exact) mass is 203 g/mol. The Hall–Kier alpha value is -0.960. The van der Waals surface area contributed by atoms with Gasteiger partial charge in [0.2, 0.25) is 0 Å². The summed E-state index contributed by atoms with van der Waals surface area (Å²) in [6, 6.07) is 3.30. The van der Waals surface area contributed by atoms with Crippen molar-refractivity contribution in [3.05, 3.63) is 22.7 Å². The van der Waals surface area contributed by atoms with Gasteiger partial charge in [-0.1, -0.05) is 11.6 Å². The van der Waals surface area contributed by atoms with Crippen LogP contribution in [0.2, 0.25) is 5.02 Å². The number of hydrogen-bond acceptors (Lipinski definition) is 2. The van der Waals surface area contributed by atoms with Gasteiger partial charge in [-0.25, -0.2) is 4.39 Å². The van der Waals surface area contributed by atoms with Crippen LogP contribution in [0.5, 0.6) is 5.75 Å². The van der Waals surface area contributed by atoms with Gasteiger partial charge in [0.25, 0.3) is 0 Å². The van der Waals surface area contributed by atoms with Crippen LogP contribution in [-0.4, -0.2) is 13.3 Å². The van der Waals surface area contributed by atoms with Crippen molar-refractivity contribution in [3.63, 3.8) is 0 Å². The number of rotatable bonds is 3. The van der Waals surface area contributed by atoms with Gasteiger partial charge in [0, 0.05) is 5.69 Å². The summed E-state index contributed by atoms with van der Waals surface area (Å²) in [6.45, 7) is 1.33. The Balaban J connectivity index is 2.88. The van der Waals surface area contributed by atoms with Crippen molar-refractivity contribution in [2.24, 2.45) is 0 Å². The van der Waals surface area contributed by atoms with Crippen LogP contribution in [0.15, 0.2) is 12.1 Å². The number of anilines is 1. The first-order chi connectivity index (χ1) is 6.15. The van der Waals surface area contributed by atoms with Crippen molar-refractivity contribution >= 4 is 17.3 Å². The van der Waals surface area contributed by atoms with Crippen molar-refractivity contribution in [1.82, 2.24) is 0 Å². The minimum Gasteiger partial charge on any atom is -0.489 e. The molecule has 2 nitrogen and oxygen atoms in total. The van der Waals surface area contributed by atoms with E-state index >= 15 is 0 Å². The maximum absolute atomic E-state index is 11.8. The number of benzene rings is 1. The van der Waals surface area contributed by atoms with Crippen LogP contribution in [0, 0.1) is 6.92 Å². The molecule has 0 aliphatic carbocycles. The van der Waals surface area contributed by atoms with E-state index in [1.165, 1.54) is 0 Å². The van der Waals surface area contributed by atoms with E-state index in [2.05, 4.69) is 0 Å². The van der Waals surface area contributed by atoms with E-state index in [1.807, 2.05) is 6.92 Å². The largest absolute Gasteiger partial charge is 0.489 e. The summed E-state index contributed by atoms with van der Waals surface area (Å²) in [5, 5.41) is 0.413. The third kappa shape index (κ3) is 2.49. The number of nitrogens with two attached hydrogens (primary N) is 1. The zero-order valence-electron chi connectivity index (χ0n) is 7.31. The summed E-state index contributed by atoms with van der Waals surface area (Å²) in [6.07, 6.45) is 0. The smallest absolute Gasteiger partial charge is 0.138 e. The highest BCUT2D eigenvalue weighted by Crippen LogP contribution is 2.29. The molecule has 0 saturated heterocycles. The van der Waals surface area contributed by atoms with Crippen LogP contribution in [0.25, 0.3) is 0 Å². The molecule has 0 bridgehead atoms. The molecular formula is C9H11ClFNO. The lowest BCUT2D eigenvalue weighted by Crippen LogP contribution is -2.00. The van der Waals surface area contributed by atoms with E-state index in [0.717, 1.165) is 5.56 Å². The molecule has 0 saturated carbocycles. The van der Waals surface area contributed by atoms with Crippen molar-refractivity contribution in [2.75, 3.05) is 19.0 Å².